The van der Waals surface area contributed by atoms with Gasteiger partial charge < -0.3 is 29.8 Å². The Labute approximate surface area is 258 Å². The number of hydrogen-bond donors (Lipinski definition) is 2. The summed E-state index contributed by atoms with van der Waals surface area (Å²) in [6.45, 7) is 27.8. The van der Waals surface area contributed by atoms with Crippen LogP contribution >= 0.6 is 0 Å². The van der Waals surface area contributed by atoms with Gasteiger partial charge in [-0.3, -0.25) is 9.59 Å². The molecule has 232 valence electrons. The minimum absolute atomic E-state index is 0.200. The van der Waals surface area contributed by atoms with Gasteiger partial charge in [0.1, 0.15) is 23.3 Å². The number of hydrogen-bond acceptors (Lipinski definition) is 8. The zero-order chi connectivity index (χ0) is 31.7. The largest absolute Gasteiger partial charge is 0.481 e. The Kier molecular flexibility index (Phi) is 8.82. The van der Waals surface area contributed by atoms with E-state index in [9.17, 15) is 9.59 Å². The van der Waals surface area contributed by atoms with Gasteiger partial charge >= 0.3 is 11.9 Å². The van der Waals surface area contributed by atoms with Gasteiger partial charge in [0, 0.05) is 63.2 Å². The lowest BCUT2D eigenvalue weighted by Crippen LogP contribution is -2.49. The van der Waals surface area contributed by atoms with Crippen LogP contribution in [0.1, 0.15) is 50.7 Å². The van der Waals surface area contributed by atoms with Crippen LogP contribution in [0, 0.1) is 38.8 Å². The predicted molar refractivity (Wildman–Crippen MR) is 169 cm³/mol. The van der Waals surface area contributed by atoms with Crippen LogP contribution in [0.4, 0.5) is 34.6 Å². The maximum absolute atomic E-state index is 10.7. The van der Waals surface area contributed by atoms with Crippen LogP contribution in [0.2, 0.25) is 0 Å². The summed E-state index contributed by atoms with van der Waals surface area (Å²) < 4.78 is 0. The van der Waals surface area contributed by atoms with E-state index < -0.39 is 11.9 Å². The number of carbonyl (C=O) groups is 2. The molecule has 0 bridgehead atoms. The third-order valence-corrected chi connectivity index (χ3v) is 9.20. The monoisotopic (exact) mass is 600 g/mol. The molecule has 12 heteroatoms. The third-order valence-electron chi connectivity index (χ3n) is 9.20. The predicted octanol–water partition coefficient (Wildman–Crippen LogP) is 4.90. The van der Waals surface area contributed by atoms with E-state index in [0.29, 0.717) is 23.5 Å². The van der Waals surface area contributed by atoms with Crippen molar-refractivity contribution in [2.24, 2.45) is 11.8 Å². The summed E-state index contributed by atoms with van der Waals surface area (Å²) in [4.78, 5) is 46.7. The molecule has 0 radical (unpaired) electrons. The summed E-state index contributed by atoms with van der Waals surface area (Å²) in [6, 6.07) is 4.74. The first-order valence-electron chi connectivity index (χ1n) is 15.2. The van der Waals surface area contributed by atoms with Gasteiger partial charge in [-0.25, -0.2) is 19.7 Å². The summed E-state index contributed by atoms with van der Waals surface area (Å²) in [5, 5.41) is 17.7. The van der Waals surface area contributed by atoms with Crippen LogP contribution in [0.3, 0.4) is 0 Å². The first-order valence-corrected chi connectivity index (χ1v) is 15.2. The highest BCUT2D eigenvalue weighted by molar-refractivity contribution is 5.76. The van der Waals surface area contributed by atoms with E-state index in [1.54, 1.807) is 0 Å². The Hall–Kier alpha value is -4.58. The fourth-order valence-corrected chi connectivity index (χ4v) is 6.19. The molecule has 4 aliphatic heterocycles. The van der Waals surface area contributed by atoms with Gasteiger partial charge in [-0.2, -0.15) is 0 Å². The van der Waals surface area contributed by atoms with Crippen LogP contribution in [-0.2, 0) is 9.59 Å². The van der Waals surface area contributed by atoms with Crippen molar-refractivity contribution in [3.8, 4) is 0 Å². The van der Waals surface area contributed by atoms with Crippen molar-refractivity contribution in [1.82, 2.24) is 9.97 Å². The minimum Gasteiger partial charge on any atom is -0.481 e. The number of rotatable bonds is 8. The SMILES string of the molecule is [C-]#[N+]c1c(C)cc(N2CC(CC(=O)O)C2)nc1N1CC[C@@H]1C.[C-]#[N+]c1c(C)cc(N2CC(CC(=O)O)C2)nc1N1CC[C@H]1C. The van der Waals surface area contributed by atoms with Crippen molar-refractivity contribution in [3.05, 3.63) is 46.1 Å². The molecule has 2 aromatic rings. The Morgan fingerprint density at radius 3 is 1.39 bits per heavy atom. The minimum atomic E-state index is -0.743. The molecule has 4 fully saturated rings. The molecule has 2 aromatic heterocycles. The van der Waals surface area contributed by atoms with Gasteiger partial charge in [-0.05, 0) is 63.8 Å². The molecule has 4 aliphatic rings. The molecule has 0 spiro atoms. The van der Waals surface area contributed by atoms with E-state index in [4.69, 9.17) is 33.3 Å². The molecule has 12 nitrogen and oxygen atoms in total. The molecular formula is C32H40N8O4. The quantitative estimate of drug-likeness (QED) is 0.405. The molecule has 0 amide bonds. The van der Waals surface area contributed by atoms with Crippen LogP contribution in [-0.4, -0.2) is 83.5 Å². The Morgan fingerprint density at radius 1 is 0.773 bits per heavy atom. The number of anilines is 4. The zero-order valence-corrected chi connectivity index (χ0v) is 25.8. The lowest BCUT2D eigenvalue weighted by Gasteiger charge is -2.43. The normalized spacial score (nSPS) is 21.0. The maximum Gasteiger partial charge on any atom is 0.303 e. The number of nitrogens with zero attached hydrogens (tertiary/aromatic N) is 8. The highest BCUT2D eigenvalue weighted by Crippen LogP contribution is 2.40. The fraction of sp³-hybridized carbons (Fsp3) is 0.562. The molecule has 0 unspecified atom stereocenters. The van der Waals surface area contributed by atoms with Crippen molar-refractivity contribution in [2.75, 3.05) is 58.9 Å². The summed E-state index contributed by atoms with van der Waals surface area (Å²) in [5.74, 6) is 2.20. The molecule has 2 N–H and O–H groups in total. The van der Waals surface area contributed by atoms with E-state index in [-0.39, 0.29) is 24.7 Å². The van der Waals surface area contributed by atoms with Crippen LogP contribution in [0.15, 0.2) is 12.1 Å². The van der Waals surface area contributed by atoms with E-state index in [2.05, 4.69) is 43.1 Å². The lowest BCUT2D eigenvalue weighted by atomic mass is 9.96. The van der Waals surface area contributed by atoms with Gasteiger partial charge in [0.15, 0.2) is 0 Å². The van der Waals surface area contributed by atoms with Crippen LogP contribution < -0.4 is 19.6 Å². The molecule has 2 atom stereocenters. The molecule has 0 aliphatic carbocycles. The van der Waals surface area contributed by atoms with Crippen molar-refractivity contribution in [1.29, 1.82) is 0 Å². The number of aromatic nitrogens is 2. The van der Waals surface area contributed by atoms with Gasteiger partial charge in [-0.1, -0.05) is 0 Å². The topological polar surface area (TPSA) is 122 Å². The number of aryl methyl sites for hydroxylation is 2. The Balaban J connectivity index is 0.000000175. The average Bonchev–Trinajstić information content (AvgIpc) is 2.90. The molecule has 6 heterocycles. The summed E-state index contributed by atoms with van der Waals surface area (Å²) in [6.07, 6.45) is 2.69. The zero-order valence-electron chi connectivity index (χ0n) is 25.8. The molecule has 44 heavy (non-hydrogen) atoms. The second kappa shape index (κ2) is 12.6. The highest BCUT2D eigenvalue weighted by Gasteiger charge is 2.34. The smallest absolute Gasteiger partial charge is 0.303 e. The molecule has 0 saturated carbocycles. The van der Waals surface area contributed by atoms with Crippen molar-refractivity contribution < 1.29 is 19.8 Å². The fourth-order valence-electron chi connectivity index (χ4n) is 6.19. The molecule has 4 saturated heterocycles. The third kappa shape index (κ3) is 6.21. The van der Waals surface area contributed by atoms with E-state index >= 15 is 0 Å². The van der Waals surface area contributed by atoms with Gasteiger partial charge in [0.25, 0.3) is 0 Å². The second-order valence-corrected chi connectivity index (χ2v) is 12.6. The van der Waals surface area contributed by atoms with Gasteiger partial charge in [-0.15, -0.1) is 0 Å². The first-order chi connectivity index (χ1) is 21.0. The van der Waals surface area contributed by atoms with Crippen molar-refractivity contribution in [2.45, 2.75) is 65.5 Å². The van der Waals surface area contributed by atoms with Crippen LogP contribution in [0.5, 0.6) is 0 Å². The summed E-state index contributed by atoms with van der Waals surface area (Å²) in [5.41, 5.74) is 3.15. The Morgan fingerprint density at radius 2 is 1.14 bits per heavy atom. The highest BCUT2D eigenvalue weighted by atomic mass is 16.4. The first kappa shape index (κ1) is 30.9. The number of carboxylic acids is 2. The number of aliphatic carboxylic acids is 2. The van der Waals surface area contributed by atoms with E-state index in [0.717, 1.165) is 86.5 Å². The van der Waals surface area contributed by atoms with Crippen molar-refractivity contribution in [3.63, 3.8) is 0 Å². The number of pyridine rings is 2. The van der Waals surface area contributed by atoms with Gasteiger partial charge in [0.2, 0.25) is 11.4 Å². The maximum atomic E-state index is 10.7. The standard InChI is InChI=1S/2C16H20N4O2/c2*1-10-6-13(19-8-12(9-19)7-14(21)22)18-16(15(10)17-3)20-5-4-11(20)2/h2*6,11-12H,4-5,7-9H2,1-2H3,(H,21,22)/t2*11-/m10/s1. The Bertz CT molecular complexity index is 1410. The average molecular weight is 601 g/mol. The summed E-state index contributed by atoms with van der Waals surface area (Å²) in [7, 11) is 0. The molecule has 0 aromatic carbocycles. The molecular weight excluding hydrogens is 560 g/mol. The van der Waals surface area contributed by atoms with E-state index in [1.807, 2.05) is 26.0 Å². The molecule has 6 rings (SSSR count). The van der Waals surface area contributed by atoms with E-state index in [1.165, 1.54) is 0 Å². The summed E-state index contributed by atoms with van der Waals surface area (Å²) >= 11 is 0. The number of carboxylic acid groups (broad SMARTS) is 2. The second-order valence-electron chi connectivity index (χ2n) is 12.6. The lowest BCUT2D eigenvalue weighted by molar-refractivity contribution is -0.139. The van der Waals surface area contributed by atoms with Crippen LogP contribution in [0.25, 0.3) is 9.69 Å². The van der Waals surface area contributed by atoms with Crippen molar-refractivity contribution >= 4 is 46.6 Å². The van der Waals surface area contributed by atoms with Gasteiger partial charge in [0.05, 0.1) is 26.0 Å².